The summed E-state index contributed by atoms with van der Waals surface area (Å²) in [6.45, 7) is 6.25. The predicted octanol–water partition coefficient (Wildman–Crippen LogP) is 4.31. The Morgan fingerprint density at radius 3 is 2.48 bits per heavy atom. The Morgan fingerprint density at radius 1 is 1.07 bits per heavy atom. The third-order valence-electron chi connectivity index (χ3n) is 5.05. The number of thiophene rings is 1. The molecule has 0 fully saturated rings. The lowest BCUT2D eigenvalue weighted by Gasteiger charge is -2.36. The molecule has 0 saturated heterocycles. The van der Waals surface area contributed by atoms with Crippen LogP contribution in [-0.4, -0.2) is 20.2 Å². The smallest absolute Gasteiger partial charge is 0.162 e. The topological polar surface area (TPSA) is 82.8 Å². The fourth-order valence-corrected chi connectivity index (χ4v) is 4.65. The highest BCUT2D eigenvalue weighted by atomic mass is 32.1. The van der Waals surface area contributed by atoms with Gasteiger partial charge < -0.3 is 10.2 Å². The van der Waals surface area contributed by atoms with Crippen LogP contribution >= 0.6 is 11.3 Å². The molecule has 0 aliphatic carbocycles. The molecule has 0 saturated carbocycles. The Balaban J connectivity index is 1.92. The zero-order chi connectivity index (χ0) is 20.5. The quantitative estimate of drug-likeness (QED) is 0.515. The van der Waals surface area contributed by atoms with Crippen molar-refractivity contribution in [1.82, 2.24) is 20.2 Å². The van der Waals surface area contributed by atoms with Gasteiger partial charge in [0.15, 0.2) is 5.82 Å². The summed E-state index contributed by atoms with van der Waals surface area (Å²) in [5, 5.41) is 14.8. The van der Waals surface area contributed by atoms with Gasteiger partial charge in [-0.1, -0.05) is 36.4 Å². The molecule has 0 spiro atoms. The first kappa shape index (κ1) is 19.5. The monoisotopic (exact) mass is 407 g/mol. The number of aromatic nitrogens is 4. The Labute approximate surface area is 174 Å². The summed E-state index contributed by atoms with van der Waals surface area (Å²) in [4.78, 5) is 1.10. The van der Waals surface area contributed by atoms with Crippen molar-refractivity contribution in [2.24, 2.45) is 5.73 Å². The van der Waals surface area contributed by atoms with Gasteiger partial charge in [-0.2, -0.15) is 0 Å². The highest BCUT2D eigenvalue weighted by molar-refractivity contribution is 7.10. The fourth-order valence-electron chi connectivity index (χ4n) is 3.73. The first-order valence-corrected chi connectivity index (χ1v) is 10.5. The summed E-state index contributed by atoms with van der Waals surface area (Å²) in [6, 6.07) is 18.2. The summed E-state index contributed by atoms with van der Waals surface area (Å²) in [5.41, 5.74) is 7.21. The molecule has 0 radical (unpaired) electrons. The maximum atomic E-state index is 7.24. The number of hydrogen-bond donors (Lipinski definition) is 1. The van der Waals surface area contributed by atoms with Crippen LogP contribution in [-0.2, 0) is 17.5 Å². The predicted molar refractivity (Wildman–Crippen MR) is 114 cm³/mol. The summed E-state index contributed by atoms with van der Waals surface area (Å²) in [5.74, 6) is 1.17. The van der Waals surface area contributed by atoms with Gasteiger partial charge in [-0.15, -0.1) is 16.4 Å². The van der Waals surface area contributed by atoms with Crippen molar-refractivity contribution < 1.29 is 4.42 Å². The van der Waals surface area contributed by atoms with Crippen LogP contribution < -0.4 is 5.73 Å². The van der Waals surface area contributed by atoms with Gasteiger partial charge in [-0.3, -0.25) is 0 Å². The maximum absolute atomic E-state index is 7.24. The Hall–Kier alpha value is -2.77. The standard InChI is InChI=1S/C22H25N5OS/c1-21(2,3)27-20(24-25-26-27)19(17-11-8-14-29-17)22(23,18-12-7-13-28-18)15-16-9-5-4-6-10-16/h4-14,19H,15,23H2,1-3H3. The minimum atomic E-state index is -0.868. The minimum Gasteiger partial charge on any atom is -0.467 e. The molecule has 0 aliphatic heterocycles. The highest BCUT2D eigenvalue weighted by Crippen LogP contribution is 2.44. The second-order valence-corrected chi connectivity index (χ2v) is 9.23. The number of tetrazole rings is 1. The second kappa shape index (κ2) is 7.57. The SMILES string of the molecule is CC(C)(C)n1nnnc1C(c1cccs1)C(N)(Cc1ccccc1)c1ccco1. The zero-order valence-electron chi connectivity index (χ0n) is 16.8. The Kier molecular flexibility index (Phi) is 5.10. The molecule has 4 rings (SSSR count). The molecular formula is C22H25N5OS. The summed E-state index contributed by atoms with van der Waals surface area (Å²) >= 11 is 1.65. The third kappa shape index (κ3) is 3.75. The van der Waals surface area contributed by atoms with Gasteiger partial charge in [0.1, 0.15) is 5.76 Å². The van der Waals surface area contributed by atoms with Crippen LogP contribution in [0, 0.1) is 0 Å². The first-order chi connectivity index (χ1) is 13.9. The van der Waals surface area contributed by atoms with Gasteiger partial charge in [0.25, 0.3) is 0 Å². The number of nitrogens with two attached hydrogens (primary N) is 1. The van der Waals surface area contributed by atoms with Crippen LogP contribution in [0.15, 0.2) is 70.7 Å². The molecule has 3 heterocycles. The van der Waals surface area contributed by atoms with Crippen LogP contribution in [0.3, 0.4) is 0 Å². The molecule has 0 aliphatic rings. The van der Waals surface area contributed by atoms with Crippen LogP contribution in [0.1, 0.15) is 48.7 Å². The van der Waals surface area contributed by atoms with Crippen LogP contribution in [0.4, 0.5) is 0 Å². The average molecular weight is 408 g/mol. The molecule has 0 bridgehead atoms. The molecule has 7 heteroatoms. The van der Waals surface area contributed by atoms with Gasteiger partial charge in [-0.05, 0) is 66.8 Å². The minimum absolute atomic E-state index is 0.275. The van der Waals surface area contributed by atoms with E-state index >= 15 is 0 Å². The van der Waals surface area contributed by atoms with Gasteiger partial charge in [0.05, 0.1) is 23.3 Å². The maximum Gasteiger partial charge on any atom is 0.162 e. The molecule has 2 atom stereocenters. The van der Waals surface area contributed by atoms with Crippen LogP contribution in [0.5, 0.6) is 0 Å². The first-order valence-electron chi connectivity index (χ1n) is 9.58. The molecule has 0 amide bonds. The summed E-state index contributed by atoms with van der Waals surface area (Å²) in [7, 11) is 0. The van der Waals surface area contributed by atoms with E-state index < -0.39 is 5.54 Å². The Morgan fingerprint density at radius 2 is 1.86 bits per heavy atom. The van der Waals surface area contributed by atoms with Gasteiger partial charge in [0.2, 0.25) is 0 Å². The van der Waals surface area contributed by atoms with E-state index in [1.54, 1.807) is 17.6 Å². The second-order valence-electron chi connectivity index (χ2n) is 8.25. The lowest BCUT2D eigenvalue weighted by molar-refractivity contribution is 0.272. The van der Waals surface area contributed by atoms with Crippen molar-refractivity contribution >= 4 is 11.3 Å². The van der Waals surface area contributed by atoms with Gasteiger partial charge >= 0.3 is 0 Å². The zero-order valence-corrected chi connectivity index (χ0v) is 17.6. The average Bonchev–Trinajstić information content (AvgIpc) is 3.45. The molecule has 6 nitrogen and oxygen atoms in total. The molecule has 4 aromatic rings. The van der Waals surface area contributed by atoms with Crippen molar-refractivity contribution in [3.8, 4) is 0 Å². The van der Waals surface area contributed by atoms with Gasteiger partial charge in [0, 0.05) is 4.88 Å². The number of nitrogens with zero attached hydrogens (tertiary/aromatic N) is 4. The number of hydrogen-bond acceptors (Lipinski definition) is 6. The summed E-state index contributed by atoms with van der Waals surface area (Å²) in [6.07, 6.45) is 2.25. The highest BCUT2D eigenvalue weighted by Gasteiger charge is 2.45. The largest absolute Gasteiger partial charge is 0.467 e. The van der Waals surface area contributed by atoms with E-state index in [2.05, 4.69) is 59.9 Å². The van der Waals surface area contributed by atoms with Crippen molar-refractivity contribution in [2.75, 3.05) is 0 Å². The van der Waals surface area contributed by atoms with E-state index in [9.17, 15) is 0 Å². The van der Waals surface area contributed by atoms with E-state index in [0.29, 0.717) is 12.2 Å². The van der Waals surface area contributed by atoms with Crippen molar-refractivity contribution in [3.05, 3.63) is 88.3 Å². The van der Waals surface area contributed by atoms with E-state index in [0.717, 1.165) is 16.3 Å². The molecule has 2 N–H and O–H groups in total. The number of benzene rings is 1. The van der Waals surface area contributed by atoms with E-state index in [-0.39, 0.29) is 11.5 Å². The Bertz CT molecular complexity index is 1030. The van der Waals surface area contributed by atoms with E-state index in [1.807, 2.05) is 41.1 Å². The van der Waals surface area contributed by atoms with Crippen molar-refractivity contribution in [3.63, 3.8) is 0 Å². The van der Waals surface area contributed by atoms with Crippen LogP contribution in [0.25, 0.3) is 0 Å². The lowest BCUT2D eigenvalue weighted by Crippen LogP contribution is -2.46. The van der Waals surface area contributed by atoms with Crippen molar-refractivity contribution in [2.45, 2.75) is 44.2 Å². The normalized spacial score (nSPS) is 15.2. The van der Waals surface area contributed by atoms with Crippen molar-refractivity contribution in [1.29, 1.82) is 0 Å². The summed E-state index contributed by atoms with van der Waals surface area (Å²) < 4.78 is 7.74. The molecular weight excluding hydrogens is 382 g/mol. The molecule has 3 aromatic heterocycles. The third-order valence-corrected chi connectivity index (χ3v) is 5.99. The molecule has 1 aromatic carbocycles. The number of furan rings is 1. The molecule has 29 heavy (non-hydrogen) atoms. The van der Waals surface area contributed by atoms with Crippen LogP contribution in [0.2, 0.25) is 0 Å². The molecule has 2 unspecified atom stereocenters. The molecule has 150 valence electrons. The van der Waals surface area contributed by atoms with Gasteiger partial charge in [-0.25, -0.2) is 4.68 Å². The van der Waals surface area contributed by atoms with E-state index in [1.165, 1.54) is 0 Å². The number of rotatable bonds is 6. The fraction of sp³-hybridized carbons (Fsp3) is 0.318. The lowest BCUT2D eigenvalue weighted by atomic mass is 9.76. The van der Waals surface area contributed by atoms with E-state index in [4.69, 9.17) is 10.2 Å².